The highest BCUT2D eigenvalue weighted by Crippen LogP contribution is 2.23. The van der Waals surface area contributed by atoms with Crippen molar-refractivity contribution in [3.05, 3.63) is 65.5 Å². The van der Waals surface area contributed by atoms with Gasteiger partial charge in [0.25, 0.3) is 0 Å². The first-order valence-electron chi connectivity index (χ1n) is 8.32. The van der Waals surface area contributed by atoms with E-state index < -0.39 is 0 Å². The Labute approximate surface area is 149 Å². The Bertz CT molecular complexity index is 570. The second-order valence-corrected chi connectivity index (χ2v) is 7.22. The molecule has 0 bridgehead atoms. The quantitative estimate of drug-likeness (QED) is 0.610. The molecule has 0 aliphatic rings. The third kappa shape index (κ3) is 8.14. The molecule has 136 valence electrons. The molecule has 0 aliphatic carbocycles. The maximum Gasteiger partial charge on any atom is 0.125 e. The van der Waals surface area contributed by atoms with Crippen LogP contribution in [0.3, 0.4) is 0 Å². The van der Waals surface area contributed by atoms with Crippen LogP contribution in [-0.4, -0.2) is 0 Å². The zero-order valence-corrected chi connectivity index (χ0v) is 15.1. The highest BCUT2D eigenvalue weighted by molar-refractivity contribution is 5.36. The average Bonchev–Trinajstić information content (AvgIpc) is 2.47. The van der Waals surface area contributed by atoms with Gasteiger partial charge >= 0.3 is 0 Å². The van der Waals surface area contributed by atoms with Crippen molar-refractivity contribution in [3.8, 4) is 0 Å². The van der Waals surface area contributed by atoms with E-state index in [1.807, 2.05) is 0 Å². The Kier molecular flexibility index (Phi) is 9.35. The Morgan fingerprint density at radius 3 is 2.04 bits per heavy atom. The van der Waals surface area contributed by atoms with Crippen LogP contribution in [0.25, 0.3) is 0 Å². The highest BCUT2D eigenvalue weighted by atomic mass is 19.1. The minimum atomic E-state index is -0.287. The van der Waals surface area contributed by atoms with Gasteiger partial charge in [-0.05, 0) is 47.1 Å². The van der Waals surface area contributed by atoms with E-state index in [-0.39, 0.29) is 20.1 Å². The fourth-order valence-electron chi connectivity index (χ4n) is 2.19. The van der Waals surface area contributed by atoms with Crippen molar-refractivity contribution in [2.45, 2.75) is 60.3 Å². The monoisotopic (exact) mass is 333 g/mol. The Hall–Kier alpha value is -1.83. The number of benzene rings is 2. The van der Waals surface area contributed by atoms with Gasteiger partial charge in [0.1, 0.15) is 5.82 Å². The molecule has 0 aromatic heterocycles. The maximum absolute atomic E-state index is 12.1. The zero-order valence-electron chi connectivity index (χ0n) is 15.1. The van der Waals surface area contributed by atoms with Crippen LogP contribution in [-0.2, 0) is 11.8 Å². The number of hydrogen-bond acceptors (Lipinski definition) is 1. The molecular weight excluding hydrogens is 297 g/mol. The Morgan fingerprint density at radius 1 is 1.08 bits per heavy atom. The number of rotatable bonds is 3. The lowest BCUT2D eigenvalue weighted by Crippen LogP contribution is -2.10. The molecule has 0 spiro atoms. The van der Waals surface area contributed by atoms with Crippen LogP contribution in [0.2, 0.25) is 0 Å². The lowest BCUT2D eigenvalue weighted by Gasteiger charge is -2.19. The van der Waals surface area contributed by atoms with Gasteiger partial charge in [0.2, 0.25) is 0 Å². The second-order valence-electron chi connectivity index (χ2n) is 7.22. The van der Waals surface area contributed by atoms with E-state index in [1.165, 1.54) is 36.1 Å². The van der Waals surface area contributed by atoms with Gasteiger partial charge in [-0.1, -0.05) is 78.8 Å². The second kappa shape index (κ2) is 10.1. The molecule has 0 amide bonds. The van der Waals surface area contributed by atoms with Crippen LogP contribution >= 0.6 is 0 Å². The number of nitrogens with two attached hydrogens (primary N) is 1. The van der Waals surface area contributed by atoms with E-state index >= 15 is 0 Å². The smallest absolute Gasteiger partial charge is 0.125 e. The molecule has 2 aromatic carbocycles. The van der Waals surface area contributed by atoms with Crippen molar-refractivity contribution in [1.82, 2.24) is 0 Å². The third-order valence-electron chi connectivity index (χ3n) is 3.95. The first-order valence-corrected chi connectivity index (χ1v) is 8.32. The zero-order chi connectivity index (χ0) is 17.5. The predicted octanol–water partition coefficient (Wildman–Crippen LogP) is 6.86. The number of anilines is 1. The average molecular weight is 334 g/mol. The summed E-state index contributed by atoms with van der Waals surface area (Å²) in [6.45, 7) is 11.4. The van der Waals surface area contributed by atoms with Crippen LogP contribution in [0.4, 0.5) is 10.1 Å². The van der Waals surface area contributed by atoms with E-state index in [0.29, 0.717) is 5.69 Å². The van der Waals surface area contributed by atoms with Crippen LogP contribution in [0.5, 0.6) is 0 Å². The topological polar surface area (TPSA) is 26.0 Å². The normalized spacial score (nSPS) is 11.8. The Balaban J connectivity index is 0. The van der Waals surface area contributed by atoms with Crippen molar-refractivity contribution in [1.29, 1.82) is 0 Å². The minimum Gasteiger partial charge on any atom is -0.399 e. The van der Waals surface area contributed by atoms with Crippen molar-refractivity contribution in [2.24, 2.45) is 5.92 Å². The van der Waals surface area contributed by atoms with Gasteiger partial charge < -0.3 is 5.73 Å². The van der Waals surface area contributed by atoms with Crippen LogP contribution in [0, 0.1) is 11.7 Å². The van der Waals surface area contributed by atoms with Crippen molar-refractivity contribution in [3.63, 3.8) is 0 Å². The molecule has 2 heteroatoms. The fourth-order valence-corrected chi connectivity index (χ4v) is 2.19. The van der Waals surface area contributed by atoms with E-state index in [1.54, 1.807) is 12.1 Å². The minimum absolute atomic E-state index is 0. The summed E-state index contributed by atoms with van der Waals surface area (Å²) in [4.78, 5) is 0. The van der Waals surface area contributed by atoms with Gasteiger partial charge in [-0.15, -0.1) is 0 Å². The molecule has 2 rings (SSSR count). The number of halogens is 1. The summed E-state index contributed by atoms with van der Waals surface area (Å²) >= 11 is 0. The maximum atomic E-state index is 12.1. The highest BCUT2D eigenvalue weighted by Gasteiger charge is 2.12. The van der Waals surface area contributed by atoms with Gasteiger partial charge in [-0.25, -0.2) is 4.39 Å². The van der Waals surface area contributed by atoms with Gasteiger partial charge in [-0.2, -0.15) is 0 Å². The predicted molar refractivity (Wildman–Crippen MR) is 108 cm³/mol. The molecule has 2 N–H and O–H groups in total. The van der Waals surface area contributed by atoms with Gasteiger partial charge in [0.05, 0.1) is 0 Å². The molecule has 1 unspecified atom stereocenters. The number of nitrogen functional groups attached to an aromatic ring is 1. The van der Waals surface area contributed by atoms with Crippen molar-refractivity contribution >= 4 is 5.69 Å². The standard InChI is InChI=1S/C15H24.C6H6FN.CH4.H2/c1-6-12(2)11-13-7-9-14(10-8-13)15(3,4)5;7-5-2-1-3-6(8)4-5;;/h7-10,12H,6,11H2,1-5H3;1-4H,8H2;1H4;1H. The summed E-state index contributed by atoms with van der Waals surface area (Å²) < 4.78 is 12.1. The summed E-state index contributed by atoms with van der Waals surface area (Å²) in [5.74, 6) is 0.510. The molecule has 0 aliphatic heterocycles. The molecule has 2 aromatic rings. The lowest BCUT2D eigenvalue weighted by atomic mass is 9.86. The molecule has 0 saturated carbocycles. The van der Waals surface area contributed by atoms with Gasteiger partial charge in [-0.3, -0.25) is 0 Å². The summed E-state index contributed by atoms with van der Waals surface area (Å²) in [7, 11) is 0. The van der Waals surface area contributed by atoms with Gasteiger partial charge in [0.15, 0.2) is 0 Å². The first-order chi connectivity index (χ1) is 10.7. The van der Waals surface area contributed by atoms with Crippen LogP contribution < -0.4 is 5.73 Å². The van der Waals surface area contributed by atoms with Crippen molar-refractivity contribution < 1.29 is 5.82 Å². The molecule has 1 atom stereocenters. The molecule has 0 fully saturated rings. The van der Waals surface area contributed by atoms with Crippen LogP contribution in [0.1, 0.15) is 61.0 Å². The fraction of sp³-hybridized carbons (Fsp3) is 0.455. The Morgan fingerprint density at radius 2 is 1.67 bits per heavy atom. The molecule has 0 radical (unpaired) electrons. The summed E-state index contributed by atoms with van der Waals surface area (Å²) in [6, 6.07) is 15.0. The summed E-state index contributed by atoms with van der Waals surface area (Å²) in [5, 5.41) is 0. The lowest BCUT2D eigenvalue weighted by molar-refractivity contribution is 0.558. The van der Waals surface area contributed by atoms with E-state index in [0.717, 1.165) is 5.92 Å². The summed E-state index contributed by atoms with van der Waals surface area (Å²) in [5.41, 5.74) is 8.85. The van der Waals surface area contributed by atoms with Gasteiger partial charge in [0, 0.05) is 7.11 Å². The molecule has 1 nitrogen and oxygen atoms in total. The number of hydrogen-bond donors (Lipinski definition) is 1. The molecule has 24 heavy (non-hydrogen) atoms. The largest absolute Gasteiger partial charge is 0.399 e. The molecule has 0 heterocycles. The third-order valence-corrected chi connectivity index (χ3v) is 3.95. The molecular formula is C22H36FN. The first kappa shape index (κ1) is 22.2. The summed E-state index contributed by atoms with van der Waals surface area (Å²) in [6.07, 6.45) is 2.47. The van der Waals surface area contributed by atoms with E-state index in [2.05, 4.69) is 58.9 Å². The van der Waals surface area contributed by atoms with Crippen LogP contribution in [0.15, 0.2) is 48.5 Å². The SMILES string of the molecule is C.CCC(C)Cc1ccc(C(C)(C)C)cc1.Nc1cccc(F)c1.[HH]. The van der Waals surface area contributed by atoms with E-state index in [4.69, 9.17) is 5.73 Å². The van der Waals surface area contributed by atoms with Crippen molar-refractivity contribution in [2.75, 3.05) is 5.73 Å². The van der Waals surface area contributed by atoms with E-state index in [9.17, 15) is 4.39 Å². The molecule has 0 saturated heterocycles.